The van der Waals surface area contributed by atoms with Gasteiger partial charge in [0.05, 0.1) is 25.7 Å². The maximum atomic E-state index is 13.8. The highest BCUT2D eigenvalue weighted by Crippen LogP contribution is 2.44. The lowest BCUT2D eigenvalue weighted by Gasteiger charge is -2.38. The highest BCUT2D eigenvalue weighted by atomic mass is 35.5. The van der Waals surface area contributed by atoms with Crippen LogP contribution >= 0.6 is 11.6 Å². The fraction of sp³-hybridized carbons (Fsp3) is 0.406. The molecule has 7 heteroatoms. The summed E-state index contributed by atoms with van der Waals surface area (Å²) in [6.07, 6.45) is 1.21. The molecule has 2 heterocycles. The molecule has 2 aliphatic rings. The van der Waals surface area contributed by atoms with E-state index in [1.807, 2.05) is 42.2 Å². The molecule has 1 fully saturated rings. The Bertz CT molecular complexity index is 1290. The van der Waals surface area contributed by atoms with Crippen molar-refractivity contribution in [2.45, 2.75) is 51.8 Å². The number of hydrogen-bond donors (Lipinski definition) is 1. The number of carbonyl (C=O) groups excluding carboxylic acids is 1. The Kier molecular flexibility index (Phi) is 8.46. The van der Waals surface area contributed by atoms with Crippen LogP contribution in [0.3, 0.4) is 0 Å². The van der Waals surface area contributed by atoms with Crippen molar-refractivity contribution in [2.75, 3.05) is 38.2 Å². The topological polar surface area (TPSA) is 54.0 Å². The largest absolute Gasteiger partial charge is 0.493 e. The highest BCUT2D eigenvalue weighted by Gasteiger charge is 2.36. The third-order valence-electron chi connectivity index (χ3n) is 8.03. The van der Waals surface area contributed by atoms with Crippen LogP contribution in [0.15, 0.2) is 60.7 Å². The van der Waals surface area contributed by atoms with Crippen molar-refractivity contribution in [2.24, 2.45) is 0 Å². The molecule has 3 aromatic carbocycles. The van der Waals surface area contributed by atoms with Gasteiger partial charge in [0.15, 0.2) is 11.5 Å². The number of halogens is 1. The minimum Gasteiger partial charge on any atom is -0.493 e. The van der Waals surface area contributed by atoms with Gasteiger partial charge in [0.2, 0.25) is 5.91 Å². The second-order valence-electron chi connectivity index (χ2n) is 10.5. The van der Waals surface area contributed by atoms with Crippen molar-refractivity contribution in [1.82, 2.24) is 10.2 Å². The summed E-state index contributed by atoms with van der Waals surface area (Å²) in [5.41, 5.74) is 5.11. The predicted molar refractivity (Wildman–Crippen MR) is 157 cm³/mol. The van der Waals surface area contributed by atoms with Crippen LogP contribution in [0.2, 0.25) is 5.02 Å². The summed E-state index contributed by atoms with van der Waals surface area (Å²) >= 11 is 6.26. The van der Waals surface area contributed by atoms with E-state index in [1.54, 1.807) is 7.11 Å². The minimum absolute atomic E-state index is 0.0393. The summed E-state index contributed by atoms with van der Waals surface area (Å²) in [4.78, 5) is 18.2. The van der Waals surface area contributed by atoms with Gasteiger partial charge in [-0.3, -0.25) is 9.69 Å². The normalized spacial score (nSPS) is 19.4. The number of ether oxygens (including phenoxy) is 2. The van der Waals surface area contributed by atoms with Crippen molar-refractivity contribution in [3.63, 3.8) is 0 Å². The number of nitrogens with zero attached hydrogens (tertiary/aromatic N) is 2. The molecule has 1 amide bonds. The Morgan fingerprint density at radius 3 is 2.33 bits per heavy atom. The first kappa shape index (κ1) is 27.5. The molecule has 39 heavy (non-hydrogen) atoms. The number of benzene rings is 3. The van der Waals surface area contributed by atoms with Crippen molar-refractivity contribution in [3.05, 3.63) is 87.9 Å². The Hall–Kier alpha value is -3.06. The summed E-state index contributed by atoms with van der Waals surface area (Å²) in [6.45, 7) is 10.5. The molecule has 206 valence electrons. The zero-order valence-corrected chi connectivity index (χ0v) is 24.0. The van der Waals surface area contributed by atoms with Gasteiger partial charge in [0.25, 0.3) is 0 Å². The molecular formula is C32H38ClN3O3. The lowest BCUT2D eigenvalue weighted by atomic mass is 9.86. The first-order chi connectivity index (χ1) is 18.9. The van der Waals surface area contributed by atoms with Crippen LogP contribution in [-0.2, 0) is 11.2 Å². The average molecular weight is 548 g/mol. The molecule has 0 bridgehead atoms. The Morgan fingerprint density at radius 1 is 1.00 bits per heavy atom. The van der Waals surface area contributed by atoms with Gasteiger partial charge in [-0.25, -0.2) is 0 Å². The summed E-state index contributed by atoms with van der Waals surface area (Å²) in [6, 6.07) is 20.3. The van der Waals surface area contributed by atoms with Gasteiger partial charge in [-0.1, -0.05) is 42.8 Å². The van der Waals surface area contributed by atoms with Crippen LogP contribution in [0.1, 0.15) is 61.5 Å². The predicted octanol–water partition coefficient (Wildman–Crippen LogP) is 6.17. The van der Waals surface area contributed by atoms with Gasteiger partial charge in [-0.15, -0.1) is 0 Å². The van der Waals surface area contributed by atoms with Crippen LogP contribution in [0.4, 0.5) is 5.69 Å². The van der Waals surface area contributed by atoms with E-state index in [2.05, 4.69) is 54.4 Å². The number of methoxy groups -OCH3 is 1. The minimum atomic E-state index is -0.319. The van der Waals surface area contributed by atoms with Crippen LogP contribution in [0.5, 0.6) is 11.5 Å². The third kappa shape index (κ3) is 5.79. The van der Waals surface area contributed by atoms with Crippen LogP contribution in [0.25, 0.3) is 0 Å². The van der Waals surface area contributed by atoms with E-state index in [4.69, 9.17) is 21.1 Å². The Morgan fingerprint density at radius 2 is 1.69 bits per heavy atom. The van der Waals surface area contributed by atoms with Gasteiger partial charge in [-0.2, -0.15) is 0 Å². The number of piperazine rings is 1. The molecule has 0 aliphatic carbocycles. The van der Waals surface area contributed by atoms with Crippen molar-refractivity contribution in [3.8, 4) is 11.5 Å². The first-order valence-electron chi connectivity index (χ1n) is 13.9. The van der Waals surface area contributed by atoms with Gasteiger partial charge in [-0.05, 0) is 78.9 Å². The van der Waals surface area contributed by atoms with E-state index in [-0.39, 0.29) is 18.1 Å². The van der Waals surface area contributed by atoms with E-state index in [0.29, 0.717) is 29.0 Å². The molecule has 0 spiro atoms. The zero-order valence-electron chi connectivity index (χ0n) is 23.2. The lowest BCUT2D eigenvalue weighted by Crippen LogP contribution is -2.44. The van der Waals surface area contributed by atoms with Gasteiger partial charge >= 0.3 is 0 Å². The number of fused-ring (bicyclic) bond motifs is 1. The van der Waals surface area contributed by atoms with Gasteiger partial charge in [0.1, 0.15) is 0 Å². The molecule has 0 radical (unpaired) electrons. The molecule has 2 aliphatic heterocycles. The molecular weight excluding hydrogens is 510 g/mol. The molecule has 3 aromatic rings. The molecule has 1 saturated heterocycles. The summed E-state index contributed by atoms with van der Waals surface area (Å²) in [5, 5.41) is 4.09. The SMILES string of the molecule is CC[C@@H](C)Oc1cc2c(cc1OC)CC(=O)N(c1ccc(C(C)N3CCNCC3)cc1)C2c1ccc(Cl)cc1. The first-order valence-corrected chi connectivity index (χ1v) is 14.3. The molecule has 6 nitrogen and oxygen atoms in total. The molecule has 0 aromatic heterocycles. The number of nitrogens with one attached hydrogen (secondary N) is 1. The van der Waals surface area contributed by atoms with E-state index >= 15 is 0 Å². The quantitative estimate of drug-likeness (QED) is 0.365. The smallest absolute Gasteiger partial charge is 0.232 e. The number of anilines is 1. The van der Waals surface area contributed by atoms with Crippen molar-refractivity contribution in [1.29, 1.82) is 0 Å². The van der Waals surface area contributed by atoms with Crippen molar-refractivity contribution >= 4 is 23.2 Å². The maximum Gasteiger partial charge on any atom is 0.232 e. The Labute approximate surface area is 236 Å². The zero-order chi connectivity index (χ0) is 27.5. The van der Waals surface area contributed by atoms with Crippen LogP contribution in [0, 0.1) is 0 Å². The third-order valence-corrected chi connectivity index (χ3v) is 8.28. The summed E-state index contributed by atoms with van der Waals surface area (Å²) < 4.78 is 11.9. The van der Waals surface area contributed by atoms with Gasteiger partial charge in [0, 0.05) is 42.9 Å². The summed E-state index contributed by atoms with van der Waals surface area (Å²) in [7, 11) is 1.64. The van der Waals surface area contributed by atoms with Crippen LogP contribution in [-0.4, -0.2) is 50.2 Å². The Balaban J connectivity index is 1.56. The number of rotatable bonds is 8. The van der Waals surface area contributed by atoms with Gasteiger partial charge < -0.3 is 19.7 Å². The van der Waals surface area contributed by atoms with Crippen molar-refractivity contribution < 1.29 is 14.3 Å². The standard InChI is InChI=1S/C32H38ClN3O3/c1-5-21(2)39-30-20-28-25(18-29(30)38-4)19-31(37)36(32(28)24-6-10-26(33)11-7-24)27-12-8-23(9-13-27)22(3)35-16-14-34-15-17-35/h6-13,18,20-22,32,34H,5,14-17,19H2,1-4H3/t21-,22?,32?/m1/s1. The molecule has 1 N–H and O–H groups in total. The molecule has 3 atom stereocenters. The fourth-order valence-electron chi connectivity index (χ4n) is 5.57. The summed E-state index contributed by atoms with van der Waals surface area (Å²) in [5.74, 6) is 1.39. The monoisotopic (exact) mass is 547 g/mol. The molecule has 5 rings (SSSR count). The van der Waals surface area contributed by atoms with Crippen LogP contribution < -0.4 is 19.7 Å². The fourth-order valence-corrected chi connectivity index (χ4v) is 5.69. The second-order valence-corrected chi connectivity index (χ2v) is 10.9. The lowest BCUT2D eigenvalue weighted by molar-refractivity contribution is -0.118. The molecule has 2 unspecified atom stereocenters. The highest BCUT2D eigenvalue weighted by molar-refractivity contribution is 6.30. The second kappa shape index (κ2) is 12.0. The average Bonchev–Trinajstić information content (AvgIpc) is 2.97. The number of carbonyl (C=O) groups is 1. The maximum absolute atomic E-state index is 13.8. The number of amides is 1. The van der Waals surface area contributed by atoms with E-state index in [1.165, 1.54) is 5.56 Å². The van der Waals surface area contributed by atoms with E-state index in [9.17, 15) is 4.79 Å². The van der Waals surface area contributed by atoms with E-state index in [0.717, 1.165) is 55.0 Å². The van der Waals surface area contributed by atoms with E-state index < -0.39 is 0 Å². The number of hydrogen-bond acceptors (Lipinski definition) is 5. The molecule has 0 saturated carbocycles.